The lowest BCUT2D eigenvalue weighted by molar-refractivity contribution is 0.368. The van der Waals surface area contributed by atoms with Crippen LogP contribution in [0.25, 0.3) is 11.0 Å². The highest BCUT2D eigenvalue weighted by Crippen LogP contribution is 2.23. The van der Waals surface area contributed by atoms with Crippen molar-refractivity contribution in [3.8, 4) is 6.07 Å². The Morgan fingerprint density at radius 1 is 1.30 bits per heavy atom. The monoisotopic (exact) mass is 270 g/mol. The van der Waals surface area contributed by atoms with Crippen LogP contribution in [0.2, 0.25) is 0 Å². The van der Waals surface area contributed by atoms with Gasteiger partial charge in [-0.1, -0.05) is 12.1 Å². The lowest BCUT2D eigenvalue weighted by atomic mass is 10.0. The van der Waals surface area contributed by atoms with Gasteiger partial charge >= 0.3 is 0 Å². The van der Waals surface area contributed by atoms with Crippen LogP contribution in [0.5, 0.6) is 0 Å². The molecule has 0 bridgehead atoms. The van der Waals surface area contributed by atoms with Gasteiger partial charge in [-0.15, -0.1) is 0 Å². The predicted molar refractivity (Wildman–Crippen MR) is 81.2 cm³/mol. The van der Waals surface area contributed by atoms with E-state index in [9.17, 15) is 0 Å². The second-order valence-electron chi connectivity index (χ2n) is 5.65. The third-order valence-electron chi connectivity index (χ3n) is 3.63. The molecule has 0 aliphatic rings. The van der Waals surface area contributed by atoms with E-state index in [4.69, 9.17) is 10.2 Å². The molecule has 0 unspecified atom stereocenters. The summed E-state index contributed by atoms with van der Waals surface area (Å²) in [5, 5.41) is 12.1. The minimum atomic E-state index is -0.180. The average molecular weight is 270 g/mol. The van der Waals surface area contributed by atoms with Gasteiger partial charge in [0.25, 0.3) is 0 Å². The quantitative estimate of drug-likeness (QED) is 0.821. The molecule has 0 aliphatic carbocycles. The van der Waals surface area contributed by atoms with Gasteiger partial charge in [0, 0.05) is 13.5 Å². The van der Waals surface area contributed by atoms with Crippen molar-refractivity contribution >= 4 is 11.0 Å². The molecule has 0 saturated heterocycles. The van der Waals surface area contributed by atoms with Gasteiger partial charge in [0.05, 0.1) is 22.6 Å². The van der Waals surface area contributed by atoms with E-state index in [1.54, 1.807) is 0 Å². The maximum absolute atomic E-state index is 8.54. The summed E-state index contributed by atoms with van der Waals surface area (Å²) >= 11 is 0. The van der Waals surface area contributed by atoms with Crippen LogP contribution in [0.15, 0.2) is 24.3 Å². The van der Waals surface area contributed by atoms with Crippen LogP contribution >= 0.6 is 0 Å². The third-order valence-corrected chi connectivity index (χ3v) is 3.63. The van der Waals surface area contributed by atoms with Crippen molar-refractivity contribution in [1.29, 1.82) is 5.26 Å². The molecule has 2 aromatic rings. The van der Waals surface area contributed by atoms with E-state index < -0.39 is 0 Å². The summed E-state index contributed by atoms with van der Waals surface area (Å²) in [4.78, 5) is 4.75. The van der Waals surface area contributed by atoms with Gasteiger partial charge < -0.3 is 9.88 Å². The van der Waals surface area contributed by atoms with Gasteiger partial charge in [-0.25, -0.2) is 4.98 Å². The lowest BCUT2D eigenvalue weighted by Gasteiger charge is -2.26. The molecular weight excluding hydrogens is 248 g/mol. The standard InChI is InChI=1S/C16H22N4/c1-16(2,18-12-8-4-7-11-17)15-19-13-9-5-6-10-14(13)20(15)3/h5-6,9-10,18H,4,7-8,12H2,1-3H3. The minimum absolute atomic E-state index is 0.180. The van der Waals surface area contributed by atoms with E-state index in [0.29, 0.717) is 6.42 Å². The number of para-hydroxylation sites is 2. The Morgan fingerprint density at radius 3 is 2.75 bits per heavy atom. The van der Waals surface area contributed by atoms with Crippen molar-refractivity contribution in [2.45, 2.75) is 38.6 Å². The van der Waals surface area contributed by atoms with Gasteiger partial charge in [-0.3, -0.25) is 0 Å². The number of benzene rings is 1. The van der Waals surface area contributed by atoms with E-state index in [-0.39, 0.29) is 5.54 Å². The van der Waals surface area contributed by atoms with Crippen LogP contribution < -0.4 is 5.32 Å². The number of nitrogens with one attached hydrogen (secondary N) is 1. The zero-order valence-electron chi connectivity index (χ0n) is 12.5. The first-order valence-electron chi connectivity index (χ1n) is 7.10. The Hall–Kier alpha value is -1.86. The zero-order valence-corrected chi connectivity index (χ0v) is 12.5. The Balaban J connectivity index is 2.11. The van der Waals surface area contributed by atoms with Gasteiger partial charge in [-0.05, 0) is 45.4 Å². The van der Waals surface area contributed by atoms with Crippen LogP contribution in [0.1, 0.15) is 38.9 Å². The summed E-state index contributed by atoms with van der Waals surface area (Å²) in [6.07, 6.45) is 2.59. The van der Waals surface area contributed by atoms with Crippen molar-refractivity contribution in [1.82, 2.24) is 14.9 Å². The first-order chi connectivity index (χ1) is 9.56. The molecule has 0 spiro atoms. The van der Waals surface area contributed by atoms with Crippen LogP contribution in [0.4, 0.5) is 0 Å². The number of aromatic nitrogens is 2. The maximum Gasteiger partial charge on any atom is 0.129 e. The van der Waals surface area contributed by atoms with Gasteiger partial charge in [0.15, 0.2) is 0 Å². The number of hydrogen-bond acceptors (Lipinski definition) is 3. The Kier molecular flexibility index (Phi) is 4.41. The van der Waals surface area contributed by atoms with E-state index in [2.05, 4.69) is 42.9 Å². The number of hydrogen-bond donors (Lipinski definition) is 1. The first-order valence-corrected chi connectivity index (χ1v) is 7.10. The predicted octanol–water partition coefficient (Wildman–Crippen LogP) is 3.09. The summed E-state index contributed by atoms with van der Waals surface area (Å²) in [5.41, 5.74) is 2.01. The van der Waals surface area contributed by atoms with E-state index in [1.165, 1.54) is 0 Å². The molecule has 1 heterocycles. The van der Waals surface area contributed by atoms with Gasteiger partial charge in [0.2, 0.25) is 0 Å². The molecule has 0 saturated carbocycles. The SMILES string of the molecule is Cn1c(C(C)(C)NCCCCC#N)nc2ccccc21. The highest BCUT2D eigenvalue weighted by Gasteiger charge is 2.25. The Bertz CT molecular complexity index is 619. The van der Waals surface area contributed by atoms with Crippen molar-refractivity contribution in [2.24, 2.45) is 7.05 Å². The minimum Gasteiger partial charge on any atom is -0.330 e. The fourth-order valence-corrected chi connectivity index (χ4v) is 2.51. The number of rotatable bonds is 6. The maximum atomic E-state index is 8.54. The normalized spacial score (nSPS) is 11.7. The smallest absolute Gasteiger partial charge is 0.129 e. The van der Waals surface area contributed by atoms with E-state index in [0.717, 1.165) is 36.2 Å². The molecule has 106 valence electrons. The highest BCUT2D eigenvalue weighted by atomic mass is 15.1. The summed E-state index contributed by atoms with van der Waals surface area (Å²) in [5.74, 6) is 1.04. The van der Waals surface area contributed by atoms with Crippen molar-refractivity contribution in [2.75, 3.05) is 6.54 Å². The molecule has 0 atom stereocenters. The van der Waals surface area contributed by atoms with Crippen LogP contribution in [0, 0.1) is 11.3 Å². The number of fused-ring (bicyclic) bond motifs is 1. The number of imidazole rings is 1. The molecule has 4 nitrogen and oxygen atoms in total. The van der Waals surface area contributed by atoms with Crippen LogP contribution in [-0.4, -0.2) is 16.1 Å². The summed E-state index contributed by atoms with van der Waals surface area (Å²) in [7, 11) is 2.06. The fraction of sp³-hybridized carbons (Fsp3) is 0.500. The molecule has 4 heteroatoms. The largest absolute Gasteiger partial charge is 0.330 e. The fourth-order valence-electron chi connectivity index (χ4n) is 2.51. The lowest BCUT2D eigenvalue weighted by Crippen LogP contribution is -2.39. The second-order valence-corrected chi connectivity index (χ2v) is 5.65. The topological polar surface area (TPSA) is 53.6 Å². The van der Waals surface area contributed by atoms with E-state index >= 15 is 0 Å². The second kappa shape index (κ2) is 6.06. The molecular formula is C16H22N4. The number of aryl methyl sites for hydroxylation is 1. The number of unbranched alkanes of at least 4 members (excludes halogenated alkanes) is 2. The Morgan fingerprint density at radius 2 is 2.05 bits per heavy atom. The third kappa shape index (κ3) is 3.00. The van der Waals surface area contributed by atoms with Crippen LogP contribution in [0.3, 0.4) is 0 Å². The number of nitriles is 1. The molecule has 0 fully saturated rings. The van der Waals surface area contributed by atoms with Gasteiger partial charge in [0.1, 0.15) is 5.82 Å². The molecule has 1 N–H and O–H groups in total. The number of nitrogens with zero attached hydrogens (tertiary/aromatic N) is 3. The Labute approximate surface area is 120 Å². The first kappa shape index (κ1) is 14.5. The highest BCUT2D eigenvalue weighted by molar-refractivity contribution is 5.76. The van der Waals surface area contributed by atoms with Crippen LogP contribution in [-0.2, 0) is 12.6 Å². The van der Waals surface area contributed by atoms with Gasteiger partial charge in [-0.2, -0.15) is 5.26 Å². The van der Waals surface area contributed by atoms with Crippen molar-refractivity contribution in [3.05, 3.63) is 30.1 Å². The molecule has 1 aromatic carbocycles. The molecule has 20 heavy (non-hydrogen) atoms. The summed E-state index contributed by atoms with van der Waals surface area (Å²) in [6, 6.07) is 10.4. The molecule has 1 aromatic heterocycles. The summed E-state index contributed by atoms with van der Waals surface area (Å²) < 4.78 is 2.15. The zero-order chi connectivity index (χ0) is 14.6. The van der Waals surface area contributed by atoms with E-state index in [1.807, 2.05) is 18.2 Å². The molecule has 0 amide bonds. The summed E-state index contributed by atoms with van der Waals surface area (Å²) in [6.45, 7) is 5.20. The molecule has 2 rings (SSSR count). The van der Waals surface area contributed by atoms with Crippen molar-refractivity contribution < 1.29 is 0 Å². The molecule has 0 aliphatic heterocycles. The van der Waals surface area contributed by atoms with Crippen molar-refractivity contribution in [3.63, 3.8) is 0 Å². The average Bonchev–Trinajstić information content (AvgIpc) is 2.77. The molecule has 0 radical (unpaired) electrons.